The van der Waals surface area contributed by atoms with E-state index in [4.69, 9.17) is 5.73 Å². The van der Waals surface area contributed by atoms with Gasteiger partial charge < -0.3 is 11.1 Å². The second kappa shape index (κ2) is 7.78. The van der Waals surface area contributed by atoms with Gasteiger partial charge in [-0.1, -0.05) is 32.6 Å². The Morgan fingerprint density at radius 2 is 1.94 bits per heavy atom. The van der Waals surface area contributed by atoms with Gasteiger partial charge in [0, 0.05) is 12.0 Å². The molecule has 0 radical (unpaired) electrons. The van der Waals surface area contributed by atoms with Crippen LogP contribution >= 0.6 is 0 Å². The fourth-order valence-corrected chi connectivity index (χ4v) is 2.98. The SMILES string of the molecule is CCC(CCN)CCC(=O)NC1(C)CCCCC1. The van der Waals surface area contributed by atoms with E-state index in [1.54, 1.807) is 0 Å². The molecule has 1 amide bonds. The minimum Gasteiger partial charge on any atom is -0.351 e. The lowest BCUT2D eigenvalue weighted by Crippen LogP contribution is -2.47. The van der Waals surface area contributed by atoms with Crippen LogP contribution in [0.4, 0.5) is 0 Å². The summed E-state index contributed by atoms with van der Waals surface area (Å²) in [5.41, 5.74) is 5.64. The molecule has 0 heterocycles. The first kappa shape index (κ1) is 15.5. The van der Waals surface area contributed by atoms with Crippen LogP contribution in [0, 0.1) is 5.92 Å². The Bertz CT molecular complexity index is 247. The van der Waals surface area contributed by atoms with Crippen LogP contribution in [0.25, 0.3) is 0 Å². The van der Waals surface area contributed by atoms with E-state index in [9.17, 15) is 4.79 Å². The van der Waals surface area contributed by atoms with Crippen LogP contribution < -0.4 is 11.1 Å². The molecule has 3 N–H and O–H groups in total. The van der Waals surface area contributed by atoms with Gasteiger partial charge in [-0.3, -0.25) is 4.79 Å². The molecule has 0 saturated heterocycles. The molecule has 0 aliphatic heterocycles. The molecule has 0 spiro atoms. The maximum Gasteiger partial charge on any atom is 0.220 e. The average Bonchev–Trinajstić information content (AvgIpc) is 2.34. The predicted octanol–water partition coefficient (Wildman–Crippen LogP) is 2.98. The van der Waals surface area contributed by atoms with Crippen molar-refractivity contribution >= 4 is 5.91 Å². The summed E-state index contributed by atoms with van der Waals surface area (Å²) < 4.78 is 0. The van der Waals surface area contributed by atoms with Crippen LogP contribution in [0.15, 0.2) is 0 Å². The molecular weight excluding hydrogens is 224 g/mol. The standard InChI is InChI=1S/C15H30N2O/c1-3-13(9-12-16)7-8-14(18)17-15(2)10-5-4-6-11-15/h13H,3-12,16H2,1-2H3,(H,17,18). The summed E-state index contributed by atoms with van der Waals surface area (Å²) in [6.07, 6.45) is 9.91. The van der Waals surface area contributed by atoms with Gasteiger partial charge in [0.1, 0.15) is 0 Å². The molecule has 18 heavy (non-hydrogen) atoms. The molecule has 3 heteroatoms. The minimum atomic E-state index is 0.0604. The van der Waals surface area contributed by atoms with E-state index in [1.807, 2.05) is 0 Å². The zero-order valence-corrected chi connectivity index (χ0v) is 12.1. The van der Waals surface area contributed by atoms with Gasteiger partial charge in [-0.25, -0.2) is 0 Å². The van der Waals surface area contributed by atoms with Crippen molar-refractivity contribution in [2.75, 3.05) is 6.54 Å². The lowest BCUT2D eigenvalue weighted by Gasteiger charge is -2.34. The van der Waals surface area contributed by atoms with Crippen molar-refractivity contribution in [3.63, 3.8) is 0 Å². The van der Waals surface area contributed by atoms with Crippen molar-refractivity contribution < 1.29 is 4.79 Å². The fraction of sp³-hybridized carbons (Fsp3) is 0.933. The maximum absolute atomic E-state index is 12.0. The third-order valence-corrected chi connectivity index (χ3v) is 4.33. The first-order chi connectivity index (χ1) is 8.59. The molecule has 1 unspecified atom stereocenters. The second-order valence-corrected chi connectivity index (χ2v) is 6.06. The molecule has 0 aromatic rings. The number of nitrogens with one attached hydrogen (secondary N) is 1. The van der Waals surface area contributed by atoms with Crippen molar-refractivity contribution in [2.24, 2.45) is 11.7 Å². The van der Waals surface area contributed by atoms with E-state index in [1.165, 1.54) is 19.3 Å². The highest BCUT2D eigenvalue weighted by Gasteiger charge is 2.28. The van der Waals surface area contributed by atoms with Crippen molar-refractivity contribution in [3.8, 4) is 0 Å². The van der Waals surface area contributed by atoms with Gasteiger partial charge in [0.05, 0.1) is 0 Å². The summed E-state index contributed by atoms with van der Waals surface area (Å²) in [6.45, 7) is 5.11. The van der Waals surface area contributed by atoms with Crippen LogP contribution in [0.2, 0.25) is 0 Å². The van der Waals surface area contributed by atoms with Crippen LogP contribution in [-0.4, -0.2) is 18.0 Å². The van der Waals surface area contributed by atoms with Gasteiger partial charge in [-0.05, 0) is 45.1 Å². The van der Waals surface area contributed by atoms with Gasteiger partial charge in [-0.2, -0.15) is 0 Å². The number of rotatable bonds is 7. The van der Waals surface area contributed by atoms with Crippen molar-refractivity contribution in [1.29, 1.82) is 0 Å². The lowest BCUT2D eigenvalue weighted by molar-refractivity contribution is -0.123. The third-order valence-electron chi connectivity index (χ3n) is 4.33. The smallest absolute Gasteiger partial charge is 0.220 e. The number of hydrogen-bond donors (Lipinski definition) is 2. The quantitative estimate of drug-likeness (QED) is 0.734. The minimum absolute atomic E-state index is 0.0604. The van der Waals surface area contributed by atoms with E-state index in [0.29, 0.717) is 12.3 Å². The van der Waals surface area contributed by atoms with Crippen LogP contribution in [0.3, 0.4) is 0 Å². The lowest BCUT2D eigenvalue weighted by atomic mass is 9.83. The van der Waals surface area contributed by atoms with Crippen molar-refractivity contribution in [2.45, 2.75) is 77.2 Å². The number of carbonyl (C=O) groups is 1. The fourth-order valence-electron chi connectivity index (χ4n) is 2.98. The van der Waals surface area contributed by atoms with E-state index in [-0.39, 0.29) is 11.4 Å². The molecule has 106 valence electrons. The first-order valence-electron chi connectivity index (χ1n) is 7.60. The Morgan fingerprint density at radius 1 is 1.28 bits per heavy atom. The van der Waals surface area contributed by atoms with Gasteiger partial charge in [0.15, 0.2) is 0 Å². The van der Waals surface area contributed by atoms with Gasteiger partial charge in [0.2, 0.25) is 5.91 Å². The van der Waals surface area contributed by atoms with Gasteiger partial charge >= 0.3 is 0 Å². The van der Waals surface area contributed by atoms with Crippen molar-refractivity contribution in [1.82, 2.24) is 5.32 Å². The van der Waals surface area contributed by atoms with E-state index in [2.05, 4.69) is 19.2 Å². The highest BCUT2D eigenvalue weighted by atomic mass is 16.1. The molecule has 0 aromatic heterocycles. The molecule has 0 bridgehead atoms. The summed E-state index contributed by atoms with van der Waals surface area (Å²) in [5, 5.41) is 3.25. The third kappa shape index (κ3) is 5.38. The Balaban J connectivity index is 2.27. The average molecular weight is 254 g/mol. The Kier molecular flexibility index (Phi) is 6.69. The highest BCUT2D eigenvalue weighted by molar-refractivity contribution is 5.76. The van der Waals surface area contributed by atoms with Crippen LogP contribution in [-0.2, 0) is 4.79 Å². The Morgan fingerprint density at radius 3 is 2.50 bits per heavy atom. The first-order valence-corrected chi connectivity index (χ1v) is 7.60. The molecule has 0 aromatic carbocycles. The number of nitrogens with two attached hydrogens (primary N) is 1. The normalized spacial score (nSPS) is 20.4. The molecule has 3 nitrogen and oxygen atoms in total. The maximum atomic E-state index is 12.0. The van der Waals surface area contributed by atoms with Crippen LogP contribution in [0.5, 0.6) is 0 Å². The molecular formula is C15H30N2O. The van der Waals surface area contributed by atoms with E-state index >= 15 is 0 Å². The van der Waals surface area contributed by atoms with Crippen LogP contribution in [0.1, 0.15) is 71.6 Å². The molecule has 1 atom stereocenters. The molecule has 1 fully saturated rings. The van der Waals surface area contributed by atoms with E-state index < -0.39 is 0 Å². The summed E-state index contributed by atoms with van der Waals surface area (Å²) in [4.78, 5) is 12.0. The largest absolute Gasteiger partial charge is 0.351 e. The monoisotopic (exact) mass is 254 g/mol. The molecule has 1 aliphatic rings. The highest BCUT2D eigenvalue weighted by Crippen LogP contribution is 2.27. The zero-order chi connectivity index (χ0) is 13.4. The summed E-state index contributed by atoms with van der Waals surface area (Å²) in [7, 11) is 0. The predicted molar refractivity (Wildman–Crippen MR) is 76.3 cm³/mol. The summed E-state index contributed by atoms with van der Waals surface area (Å²) in [5.74, 6) is 0.842. The van der Waals surface area contributed by atoms with Crippen molar-refractivity contribution in [3.05, 3.63) is 0 Å². The summed E-state index contributed by atoms with van der Waals surface area (Å²) in [6, 6.07) is 0. The molecule has 1 saturated carbocycles. The van der Waals surface area contributed by atoms with E-state index in [0.717, 1.165) is 38.6 Å². The second-order valence-electron chi connectivity index (χ2n) is 6.06. The topological polar surface area (TPSA) is 55.1 Å². The Hall–Kier alpha value is -0.570. The zero-order valence-electron chi connectivity index (χ0n) is 12.1. The van der Waals surface area contributed by atoms with Gasteiger partial charge in [0.25, 0.3) is 0 Å². The Labute approximate surface area is 112 Å². The molecule has 1 rings (SSSR count). The number of carbonyl (C=O) groups excluding carboxylic acids is 1. The van der Waals surface area contributed by atoms with Gasteiger partial charge in [-0.15, -0.1) is 0 Å². The molecule has 1 aliphatic carbocycles. The number of amides is 1. The number of hydrogen-bond acceptors (Lipinski definition) is 2. The summed E-state index contributed by atoms with van der Waals surface area (Å²) >= 11 is 0.